The van der Waals surface area contributed by atoms with E-state index >= 15 is 0 Å². The molecule has 6 aromatic carbocycles. The molecule has 0 radical (unpaired) electrons. The van der Waals surface area contributed by atoms with Gasteiger partial charge in [0.15, 0.2) is 17.5 Å². The second-order valence-corrected chi connectivity index (χ2v) is 12.4. The van der Waals surface area contributed by atoms with Gasteiger partial charge in [0.2, 0.25) is 0 Å². The van der Waals surface area contributed by atoms with Crippen molar-refractivity contribution >= 4 is 0 Å². The fraction of sp³-hybridized carbons (Fsp3) is 0.0714. The molecule has 226 valence electrons. The summed E-state index contributed by atoms with van der Waals surface area (Å²) >= 11 is 0. The van der Waals surface area contributed by atoms with E-state index in [0.717, 1.165) is 16.7 Å². The Kier molecular flexibility index (Phi) is 6.84. The van der Waals surface area contributed by atoms with E-state index in [4.69, 9.17) is 9.97 Å². The van der Waals surface area contributed by atoms with Crippen LogP contribution in [0.4, 0.5) is 8.78 Å². The fourth-order valence-corrected chi connectivity index (χ4v) is 6.50. The van der Waals surface area contributed by atoms with Crippen molar-refractivity contribution in [3.63, 3.8) is 0 Å². The molecule has 0 atom stereocenters. The molecular weight excluding hydrogens is 584 g/mol. The Labute approximate surface area is 272 Å². The highest BCUT2D eigenvalue weighted by atomic mass is 19.1. The first-order valence-corrected chi connectivity index (χ1v) is 15.6. The van der Waals surface area contributed by atoms with Gasteiger partial charge in [0, 0.05) is 22.1 Å². The zero-order valence-corrected chi connectivity index (χ0v) is 25.9. The summed E-state index contributed by atoms with van der Waals surface area (Å²) in [7, 11) is 0. The number of nitrogens with zero attached hydrogens (tertiary/aromatic N) is 3. The number of fused-ring (bicyclic) bond motifs is 3. The van der Waals surface area contributed by atoms with Crippen molar-refractivity contribution in [1.82, 2.24) is 15.0 Å². The highest BCUT2D eigenvalue weighted by molar-refractivity contribution is 5.86. The van der Waals surface area contributed by atoms with Crippen LogP contribution in [-0.2, 0) is 5.41 Å². The maximum Gasteiger partial charge on any atom is 0.164 e. The molecule has 5 heteroatoms. The lowest BCUT2D eigenvalue weighted by Crippen LogP contribution is -2.15. The Balaban J connectivity index is 1.14. The van der Waals surface area contributed by atoms with Gasteiger partial charge in [-0.15, -0.1) is 0 Å². The van der Waals surface area contributed by atoms with E-state index in [0.29, 0.717) is 28.6 Å². The predicted octanol–water partition coefficient (Wildman–Crippen LogP) is 10.8. The first-order valence-electron chi connectivity index (χ1n) is 15.6. The first-order chi connectivity index (χ1) is 22.8. The molecule has 0 saturated heterocycles. The van der Waals surface area contributed by atoms with Crippen molar-refractivity contribution in [1.29, 1.82) is 0 Å². The Morgan fingerprint density at radius 2 is 0.723 bits per heavy atom. The average Bonchev–Trinajstić information content (AvgIpc) is 3.34. The third kappa shape index (κ3) is 5.20. The first kappa shape index (κ1) is 28.6. The second kappa shape index (κ2) is 11.2. The summed E-state index contributed by atoms with van der Waals surface area (Å²) in [5, 5.41) is 0. The lowest BCUT2D eigenvalue weighted by atomic mass is 9.81. The smallest absolute Gasteiger partial charge is 0.164 e. The van der Waals surface area contributed by atoms with Crippen LogP contribution in [0.5, 0.6) is 0 Å². The van der Waals surface area contributed by atoms with Gasteiger partial charge in [0.1, 0.15) is 11.6 Å². The van der Waals surface area contributed by atoms with Gasteiger partial charge < -0.3 is 0 Å². The molecule has 7 aromatic rings. The van der Waals surface area contributed by atoms with Gasteiger partial charge in [-0.2, -0.15) is 0 Å². The highest BCUT2D eigenvalue weighted by Gasteiger charge is 2.35. The molecule has 0 bridgehead atoms. The van der Waals surface area contributed by atoms with Crippen LogP contribution in [-0.4, -0.2) is 15.0 Å². The Morgan fingerprint density at radius 1 is 0.383 bits per heavy atom. The summed E-state index contributed by atoms with van der Waals surface area (Å²) in [5.74, 6) is 0.620. The van der Waals surface area contributed by atoms with E-state index in [2.05, 4.69) is 91.6 Å². The quantitative estimate of drug-likeness (QED) is 0.194. The average molecular weight is 614 g/mol. The molecule has 0 spiro atoms. The van der Waals surface area contributed by atoms with Gasteiger partial charge in [0.25, 0.3) is 0 Å². The van der Waals surface area contributed by atoms with E-state index in [1.165, 1.54) is 57.6 Å². The number of rotatable bonds is 5. The zero-order chi connectivity index (χ0) is 32.1. The molecule has 1 aliphatic rings. The summed E-state index contributed by atoms with van der Waals surface area (Å²) in [4.78, 5) is 14.1. The molecule has 1 heterocycles. The van der Waals surface area contributed by atoms with E-state index in [9.17, 15) is 8.78 Å². The molecule has 1 aromatic heterocycles. The van der Waals surface area contributed by atoms with Crippen LogP contribution in [0.15, 0.2) is 140 Å². The van der Waals surface area contributed by atoms with Crippen molar-refractivity contribution in [2.75, 3.05) is 0 Å². The highest BCUT2D eigenvalue weighted by Crippen LogP contribution is 2.50. The fourth-order valence-electron chi connectivity index (χ4n) is 6.50. The van der Waals surface area contributed by atoms with E-state index in [1.54, 1.807) is 24.3 Å². The Hall–Kier alpha value is -5.81. The summed E-state index contributed by atoms with van der Waals surface area (Å²) in [6.45, 7) is 4.61. The largest absolute Gasteiger partial charge is 0.208 e. The van der Waals surface area contributed by atoms with E-state index in [-0.39, 0.29) is 17.0 Å². The minimum Gasteiger partial charge on any atom is -0.208 e. The topological polar surface area (TPSA) is 38.7 Å². The third-order valence-corrected chi connectivity index (χ3v) is 9.10. The summed E-state index contributed by atoms with van der Waals surface area (Å²) < 4.78 is 27.4. The molecule has 47 heavy (non-hydrogen) atoms. The standard InChI is InChI=1S/C42H29F2N3/c1-42(2)37-24-31(26-6-4-3-5-7-26)16-22-35(37)36-23-17-32(25-38(36)42)27-8-10-28(11-9-27)39-45-40(29-12-18-33(43)19-13-29)47-41(46-39)30-14-20-34(44)21-15-30/h3-25H,1-2H3. The maximum atomic E-state index is 13.7. The molecule has 0 aliphatic heterocycles. The van der Waals surface area contributed by atoms with Crippen LogP contribution in [0, 0.1) is 11.6 Å². The van der Waals surface area contributed by atoms with E-state index < -0.39 is 0 Å². The van der Waals surface area contributed by atoms with Crippen molar-refractivity contribution < 1.29 is 8.78 Å². The number of hydrogen-bond donors (Lipinski definition) is 0. The lowest BCUT2D eigenvalue weighted by Gasteiger charge is -2.22. The van der Waals surface area contributed by atoms with Crippen LogP contribution < -0.4 is 0 Å². The molecular formula is C42H29F2N3. The maximum absolute atomic E-state index is 13.7. The SMILES string of the molecule is CC1(C)c2cc(-c3ccccc3)ccc2-c2ccc(-c3ccc(-c4nc(-c5ccc(F)cc5)nc(-c5ccc(F)cc5)n4)cc3)cc21. The third-order valence-electron chi connectivity index (χ3n) is 9.10. The van der Waals surface area contributed by atoms with Gasteiger partial charge in [0.05, 0.1) is 0 Å². The molecule has 0 amide bonds. The molecule has 0 fully saturated rings. The van der Waals surface area contributed by atoms with Crippen molar-refractivity contribution in [2.45, 2.75) is 19.3 Å². The van der Waals surface area contributed by atoms with Gasteiger partial charge >= 0.3 is 0 Å². The normalized spacial score (nSPS) is 12.9. The van der Waals surface area contributed by atoms with Crippen molar-refractivity contribution in [2.24, 2.45) is 0 Å². The van der Waals surface area contributed by atoms with E-state index in [1.807, 2.05) is 18.2 Å². The van der Waals surface area contributed by atoms with Crippen LogP contribution in [0.1, 0.15) is 25.0 Å². The Bertz CT molecular complexity index is 2200. The van der Waals surface area contributed by atoms with Crippen LogP contribution >= 0.6 is 0 Å². The Morgan fingerprint density at radius 3 is 1.15 bits per heavy atom. The van der Waals surface area contributed by atoms with Gasteiger partial charge in [-0.05, 0) is 105 Å². The molecule has 0 N–H and O–H groups in total. The lowest BCUT2D eigenvalue weighted by molar-refractivity contribution is 0.627. The number of halogens is 2. The van der Waals surface area contributed by atoms with Crippen molar-refractivity contribution in [3.8, 4) is 67.5 Å². The van der Waals surface area contributed by atoms with Gasteiger partial charge in [-0.3, -0.25) is 0 Å². The molecule has 0 unspecified atom stereocenters. The zero-order valence-electron chi connectivity index (χ0n) is 25.9. The minimum absolute atomic E-state index is 0.149. The van der Waals surface area contributed by atoms with Crippen LogP contribution in [0.2, 0.25) is 0 Å². The van der Waals surface area contributed by atoms with Gasteiger partial charge in [-0.1, -0.05) is 92.7 Å². The molecule has 8 rings (SSSR count). The number of aromatic nitrogens is 3. The van der Waals surface area contributed by atoms with Crippen molar-refractivity contribution in [3.05, 3.63) is 162 Å². The minimum atomic E-state index is -0.340. The predicted molar refractivity (Wildman–Crippen MR) is 184 cm³/mol. The van der Waals surface area contributed by atoms with Crippen LogP contribution in [0.25, 0.3) is 67.5 Å². The molecule has 3 nitrogen and oxygen atoms in total. The summed E-state index contributed by atoms with van der Waals surface area (Å²) in [5.41, 5.74) is 11.9. The number of hydrogen-bond acceptors (Lipinski definition) is 3. The van der Waals surface area contributed by atoms with Crippen LogP contribution in [0.3, 0.4) is 0 Å². The van der Waals surface area contributed by atoms with Gasteiger partial charge in [-0.25, -0.2) is 23.7 Å². The molecule has 1 aliphatic carbocycles. The monoisotopic (exact) mass is 613 g/mol. The second-order valence-electron chi connectivity index (χ2n) is 12.4. The number of benzene rings is 6. The summed E-state index contributed by atoms with van der Waals surface area (Å²) in [6, 6.07) is 44.3. The molecule has 0 saturated carbocycles. The summed E-state index contributed by atoms with van der Waals surface area (Å²) in [6.07, 6.45) is 0.